The fraction of sp³-hybridized carbons (Fsp3) is 0.786. The third-order valence-electron chi connectivity index (χ3n) is 4.14. The Morgan fingerprint density at radius 2 is 2.22 bits per heavy atom. The van der Waals surface area contributed by atoms with Gasteiger partial charge >= 0.3 is 0 Å². The van der Waals surface area contributed by atoms with Gasteiger partial charge in [0, 0.05) is 37.6 Å². The van der Waals surface area contributed by atoms with E-state index in [4.69, 9.17) is 0 Å². The summed E-state index contributed by atoms with van der Waals surface area (Å²) in [5.74, 6) is 0.746. The van der Waals surface area contributed by atoms with Crippen LogP contribution < -0.4 is 5.32 Å². The highest BCUT2D eigenvalue weighted by molar-refractivity contribution is 4.86. The van der Waals surface area contributed by atoms with Gasteiger partial charge in [-0.15, -0.1) is 0 Å². The topological polar surface area (TPSA) is 33.1 Å². The van der Waals surface area contributed by atoms with E-state index >= 15 is 0 Å². The molecule has 4 heteroatoms. The van der Waals surface area contributed by atoms with Gasteiger partial charge in [0.2, 0.25) is 0 Å². The Labute approximate surface area is 110 Å². The summed E-state index contributed by atoms with van der Waals surface area (Å²) < 4.78 is 2.00. The summed E-state index contributed by atoms with van der Waals surface area (Å²) >= 11 is 0. The molecule has 1 aromatic rings. The zero-order valence-electron chi connectivity index (χ0n) is 11.8. The summed E-state index contributed by atoms with van der Waals surface area (Å²) in [7, 11) is 2.23. The minimum atomic E-state index is 0.675. The van der Waals surface area contributed by atoms with Gasteiger partial charge in [-0.3, -0.25) is 4.68 Å². The Kier molecular flexibility index (Phi) is 4.78. The Bertz CT molecular complexity index is 336. The molecule has 2 rings (SSSR count). The minimum Gasteiger partial charge on any atom is -0.314 e. The number of nitrogens with one attached hydrogen (secondary N) is 1. The van der Waals surface area contributed by atoms with Crippen molar-refractivity contribution in [1.29, 1.82) is 0 Å². The van der Waals surface area contributed by atoms with Crippen LogP contribution in [0.5, 0.6) is 0 Å². The van der Waals surface area contributed by atoms with Crippen molar-refractivity contribution in [3.05, 3.63) is 18.5 Å². The second-order valence-corrected chi connectivity index (χ2v) is 5.68. The Morgan fingerprint density at radius 3 is 2.94 bits per heavy atom. The first kappa shape index (κ1) is 13.6. The summed E-state index contributed by atoms with van der Waals surface area (Å²) in [4.78, 5) is 2.46. The molecule has 3 atom stereocenters. The molecule has 1 aliphatic rings. The van der Waals surface area contributed by atoms with Gasteiger partial charge in [-0.25, -0.2) is 0 Å². The van der Waals surface area contributed by atoms with Gasteiger partial charge in [0.15, 0.2) is 0 Å². The van der Waals surface area contributed by atoms with Crippen LogP contribution in [0.15, 0.2) is 18.5 Å². The molecular weight excluding hydrogens is 224 g/mol. The van der Waals surface area contributed by atoms with Crippen LogP contribution in [-0.2, 0) is 6.54 Å². The maximum absolute atomic E-state index is 4.22. The average Bonchev–Trinajstić information content (AvgIpc) is 2.84. The maximum Gasteiger partial charge on any atom is 0.0489 e. The van der Waals surface area contributed by atoms with Crippen LogP contribution in [0.25, 0.3) is 0 Å². The molecule has 1 fully saturated rings. The fourth-order valence-corrected chi connectivity index (χ4v) is 2.79. The fourth-order valence-electron chi connectivity index (χ4n) is 2.79. The molecule has 1 N–H and O–H groups in total. The van der Waals surface area contributed by atoms with E-state index in [-0.39, 0.29) is 0 Å². The first-order valence-corrected chi connectivity index (χ1v) is 7.08. The van der Waals surface area contributed by atoms with Crippen LogP contribution in [0, 0.1) is 5.92 Å². The lowest BCUT2D eigenvalue weighted by Crippen LogP contribution is -2.51. The van der Waals surface area contributed by atoms with Crippen LogP contribution in [0.1, 0.15) is 26.7 Å². The zero-order chi connectivity index (χ0) is 13.0. The van der Waals surface area contributed by atoms with Crippen LogP contribution in [0.4, 0.5) is 0 Å². The zero-order valence-corrected chi connectivity index (χ0v) is 11.8. The molecule has 1 saturated heterocycles. The van der Waals surface area contributed by atoms with E-state index in [0.29, 0.717) is 12.1 Å². The molecule has 0 aliphatic carbocycles. The van der Waals surface area contributed by atoms with Gasteiger partial charge < -0.3 is 10.2 Å². The predicted octanol–water partition coefficient (Wildman–Crippen LogP) is 1.59. The van der Waals surface area contributed by atoms with Crippen molar-refractivity contribution in [2.45, 2.75) is 45.3 Å². The summed E-state index contributed by atoms with van der Waals surface area (Å²) in [6, 6.07) is 3.35. The van der Waals surface area contributed by atoms with Crippen molar-refractivity contribution in [3.8, 4) is 0 Å². The van der Waals surface area contributed by atoms with Gasteiger partial charge in [0.25, 0.3) is 0 Å². The number of nitrogens with zero attached hydrogens (tertiary/aromatic N) is 3. The number of piperidine rings is 1. The highest BCUT2D eigenvalue weighted by Crippen LogP contribution is 2.20. The molecule has 18 heavy (non-hydrogen) atoms. The van der Waals surface area contributed by atoms with Crippen molar-refractivity contribution in [3.63, 3.8) is 0 Å². The van der Waals surface area contributed by atoms with E-state index in [1.165, 1.54) is 13.0 Å². The number of hydrogen-bond acceptors (Lipinski definition) is 3. The van der Waals surface area contributed by atoms with E-state index in [0.717, 1.165) is 25.4 Å². The molecule has 1 aromatic heterocycles. The molecule has 0 bridgehead atoms. The smallest absolute Gasteiger partial charge is 0.0489 e. The van der Waals surface area contributed by atoms with Gasteiger partial charge in [0.05, 0.1) is 0 Å². The Balaban J connectivity index is 1.67. The van der Waals surface area contributed by atoms with E-state index < -0.39 is 0 Å². The summed E-state index contributed by atoms with van der Waals surface area (Å²) in [6.07, 6.45) is 6.28. The van der Waals surface area contributed by atoms with Crippen LogP contribution in [0.3, 0.4) is 0 Å². The molecule has 0 amide bonds. The second-order valence-electron chi connectivity index (χ2n) is 5.68. The third kappa shape index (κ3) is 3.56. The highest BCUT2D eigenvalue weighted by Gasteiger charge is 2.28. The largest absolute Gasteiger partial charge is 0.314 e. The lowest BCUT2D eigenvalue weighted by atomic mass is 9.90. The number of likely N-dealkylation sites (tertiary alicyclic amines) is 1. The molecular formula is C14H26N4. The monoisotopic (exact) mass is 250 g/mol. The number of aromatic nitrogens is 2. The minimum absolute atomic E-state index is 0.675. The van der Waals surface area contributed by atoms with Crippen LogP contribution in [0.2, 0.25) is 0 Å². The molecule has 4 nitrogen and oxygen atoms in total. The summed E-state index contributed by atoms with van der Waals surface area (Å²) in [5.41, 5.74) is 0. The molecule has 0 spiro atoms. The van der Waals surface area contributed by atoms with Gasteiger partial charge in [0.1, 0.15) is 0 Å². The first-order chi connectivity index (χ1) is 8.66. The highest BCUT2D eigenvalue weighted by atomic mass is 15.3. The van der Waals surface area contributed by atoms with Crippen molar-refractivity contribution in [1.82, 2.24) is 20.0 Å². The SMILES string of the molecule is C[C@@H]1CN(C)[C@H](C)C[C@@H]1NCCCn1cccn1. The van der Waals surface area contributed by atoms with Gasteiger partial charge in [-0.2, -0.15) is 5.10 Å². The van der Waals surface area contributed by atoms with E-state index in [2.05, 4.69) is 36.2 Å². The molecule has 0 radical (unpaired) electrons. The number of aryl methyl sites for hydroxylation is 1. The molecule has 1 aliphatic heterocycles. The third-order valence-corrected chi connectivity index (χ3v) is 4.14. The van der Waals surface area contributed by atoms with Gasteiger partial charge in [-0.05, 0) is 45.3 Å². The summed E-state index contributed by atoms with van der Waals surface area (Å²) in [5, 5.41) is 7.94. The Morgan fingerprint density at radius 1 is 1.39 bits per heavy atom. The molecule has 102 valence electrons. The van der Waals surface area contributed by atoms with Gasteiger partial charge in [-0.1, -0.05) is 6.92 Å². The first-order valence-electron chi connectivity index (χ1n) is 7.08. The van der Waals surface area contributed by atoms with Crippen molar-refractivity contribution < 1.29 is 0 Å². The van der Waals surface area contributed by atoms with Crippen LogP contribution >= 0.6 is 0 Å². The predicted molar refractivity (Wildman–Crippen MR) is 74.5 cm³/mol. The van der Waals surface area contributed by atoms with E-state index in [1.54, 1.807) is 0 Å². The van der Waals surface area contributed by atoms with Crippen molar-refractivity contribution >= 4 is 0 Å². The quantitative estimate of drug-likeness (QED) is 0.806. The van der Waals surface area contributed by atoms with Crippen LogP contribution in [-0.4, -0.2) is 46.9 Å². The average molecular weight is 250 g/mol. The van der Waals surface area contributed by atoms with E-state index in [1.807, 2.05) is 23.1 Å². The molecule has 2 heterocycles. The number of rotatable bonds is 5. The lowest BCUT2D eigenvalue weighted by molar-refractivity contribution is 0.121. The molecule has 0 unspecified atom stereocenters. The van der Waals surface area contributed by atoms with Crippen molar-refractivity contribution in [2.75, 3.05) is 20.1 Å². The molecule has 0 aromatic carbocycles. The number of hydrogen-bond donors (Lipinski definition) is 1. The normalized spacial score (nSPS) is 29.6. The lowest BCUT2D eigenvalue weighted by Gasteiger charge is -2.40. The van der Waals surface area contributed by atoms with E-state index in [9.17, 15) is 0 Å². The summed E-state index contributed by atoms with van der Waals surface area (Å²) in [6.45, 7) is 7.98. The standard InChI is InChI=1S/C14H26N4/c1-12-11-17(3)13(2)10-14(12)15-6-4-8-18-9-5-7-16-18/h5,7,9,12-15H,4,6,8,10-11H2,1-3H3/t12-,13-,14+/m1/s1. The van der Waals surface area contributed by atoms with Crippen molar-refractivity contribution in [2.24, 2.45) is 5.92 Å². The molecule has 0 saturated carbocycles. The Hall–Kier alpha value is -0.870. The maximum atomic E-state index is 4.22. The second kappa shape index (κ2) is 6.34.